The molecule has 9 heteroatoms. The number of H-pyrrole nitrogens is 1. The van der Waals surface area contributed by atoms with Crippen molar-refractivity contribution in [2.75, 3.05) is 12.3 Å². The Bertz CT molecular complexity index is 932. The molecule has 3 N–H and O–H groups in total. The number of hydrogen-bond donors (Lipinski definition) is 2. The van der Waals surface area contributed by atoms with Crippen molar-refractivity contribution in [2.24, 2.45) is 0 Å². The summed E-state index contributed by atoms with van der Waals surface area (Å²) >= 11 is 0. The zero-order valence-corrected chi connectivity index (χ0v) is 13.4. The highest BCUT2D eigenvalue weighted by Gasteiger charge is 2.21. The quantitative estimate of drug-likeness (QED) is 0.584. The van der Waals surface area contributed by atoms with Crippen LogP contribution >= 0.6 is 0 Å². The summed E-state index contributed by atoms with van der Waals surface area (Å²) in [5.74, 6) is -3.05. The number of carbonyl (C=O) groups excluding carboxylic acids is 2. The molecule has 0 amide bonds. The fourth-order valence-electron chi connectivity index (χ4n) is 2.21. The van der Waals surface area contributed by atoms with E-state index in [0.717, 1.165) is 10.6 Å². The predicted molar refractivity (Wildman–Crippen MR) is 87.0 cm³/mol. The molecular weight excluding hydrogens is 333 g/mol. The molecule has 2 aromatic rings. The number of hydrogen-bond acceptors (Lipinski definition) is 6. The third-order valence-corrected chi connectivity index (χ3v) is 3.39. The van der Waals surface area contributed by atoms with Crippen LogP contribution < -0.4 is 17.0 Å². The van der Waals surface area contributed by atoms with Crippen LogP contribution in [0.4, 0.5) is 10.2 Å². The largest absolute Gasteiger partial charge is 0.454 e. The summed E-state index contributed by atoms with van der Waals surface area (Å²) in [6.07, 6.45) is 0.548. The van der Waals surface area contributed by atoms with Gasteiger partial charge in [-0.1, -0.05) is 19.1 Å². The van der Waals surface area contributed by atoms with E-state index < -0.39 is 41.0 Å². The molecule has 25 heavy (non-hydrogen) atoms. The molecule has 8 nitrogen and oxygen atoms in total. The van der Waals surface area contributed by atoms with Gasteiger partial charge >= 0.3 is 11.7 Å². The molecule has 0 atom stereocenters. The number of nitrogens with zero attached hydrogens (tertiary/aromatic N) is 1. The highest BCUT2D eigenvalue weighted by molar-refractivity contribution is 6.02. The lowest BCUT2D eigenvalue weighted by Gasteiger charge is -2.11. The van der Waals surface area contributed by atoms with Crippen molar-refractivity contribution in [3.8, 4) is 0 Å². The highest BCUT2D eigenvalue weighted by atomic mass is 19.1. The van der Waals surface area contributed by atoms with Gasteiger partial charge in [-0.15, -0.1) is 0 Å². The Morgan fingerprint density at radius 3 is 2.60 bits per heavy atom. The first-order valence-corrected chi connectivity index (χ1v) is 7.44. The van der Waals surface area contributed by atoms with Gasteiger partial charge < -0.3 is 10.5 Å². The number of carbonyl (C=O) groups is 2. The Labute approximate surface area is 141 Å². The number of nitrogens with two attached hydrogens (primary N) is 1. The van der Waals surface area contributed by atoms with Gasteiger partial charge in [-0.3, -0.25) is 19.1 Å². The maximum Gasteiger partial charge on any atom is 0.341 e. The Kier molecular flexibility index (Phi) is 5.48. The molecule has 0 spiro atoms. The standard InChI is InChI=1S/C16H16FN3O5/c1-2-7-20-13(18)12(14(22)19-16(20)24)11(21)8-25-15(23)9-5-3-4-6-10(9)17/h3-6H,2,7-8,18H2,1H3,(H,19,22,24). The van der Waals surface area contributed by atoms with Gasteiger partial charge in [0.1, 0.15) is 17.2 Å². The number of aromatic nitrogens is 2. The normalized spacial score (nSPS) is 10.5. The molecular formula is C16H16FN3O5. The molecule has 1 aromatic heterocycles. The first-order chi connectivity index (χ1) is 11.9. The van der Waals surface area contributed by atoms with E-state index in [9.17, 15) is 23.6 Å². The van der Waals surface area contributed by atoms with Gasteiger partial charge in [-0.25, -0.2) is 14.0 Å². The molecule has 0 bridgehead atoms. The summed E-state index contributed by atoms with van der Waals surface area (Å²) in [5.41, 5.74) is 3.22. The van der Waals surface area contributed by atoms with E-state index in [0.29, 0.717) is 6.42 Å². The summed E-state index contributed by atoms with van der Waals surface area (Å²) < 4.78 is 19.3. The maximum absolute atomic E-state index is 13.5. The van der Waals surface area contributed by atoms with Crippen molar-refractivity contribution in [3.63, 3.8) is 0 Å². The number of halogens is 1. The molecule has 0 unspecified atom stereocenters. The van der Waals surface area contributed by atoms with Gasteiger partial charge in [0.05, 0.1) is 5.56 Å². The monoisotopic (exact) mass is 349 g/mol. The number of ketones is 1. The van der Waals surface area contributed by atoms with Crippen LogP contribution in [0.25, 0.3) is 0 Å². The highest BCUT2D eigenvalue weighted by Crippen LogP contribution is 2.10. The molecule has 2 rings (SSSR count). The number of aromatic amines is 1. The number of anilines is 1. The summed E-state index contributed by atoms with van der Waals surface area (Å²) in [6, 6.07) is 5.10. The summed E-state index contributed by atoms with van der Waals surface area (Å²) in [5, 5.41) is 0. The molecule has 0 saturated heterocycles. The number of benzene rings is 1. The lowest BCUT2D eigenvalue weighted by atomic mass is 10.2. The summed E-state index contributed by atoms with van der Waals surface area (Å²) in [4.78, 5) is 49.5. The van der Waals surface area contributed by atoms with Crippen LogP contribution in [0, 0.1) is 5.82 Å². The molecule has 0 aliphatic heterocycles. The first kappa shape index (κ1) is 18.1. The van der Waals surface area contributed by atoms with Crippen LogP contribution in [-0.4, -0.2) is 27.9 Å². The molecule has 0 fully saturated rings. The van der Waals surface area contributed by atoms with E-state index in [-0.39, 0.29) is 17.9 Å². The second-order valence-corrected chi connectivity index (χ2v) is 5.15. The molecule has 1 aromatic carbocycles. The van der Waals surface area contributed by atoms with Crippen molar-refractivity contribution in [2.45, 2.75) is 19.9 Å². The molecule has 1 heterocycles. The average Bonchev–Trinajstić information content (AvgIpc) is 2.56. The number of rotatable bonds is 6. The van der Waals surface area contributed by atoms with Gasteiger partial charge in [0.25, 0.3) is 5.56 Å². The van der Waals surface area contributed by atoms with Crippen molar-refractivity contribution < 1.29 is 18.7 Å². The van der Waals surface area contributed by atoms with Crippen LogP contribution in [0.3, 0.4) is 0 Å². The van der Waals surface area contributed by atoms with Crippen molar-refractivity contribution in [1.29, 1.82) is 0 Å². The van der Waals surface area contributed by atoms with Crippen LogP contribution in [0.5, 0.6) is 0 Å². The zero-order valence-electron chi connectivity index (χ0n) is 13.4. The van der Waals surface area contributed by atoms with Crippen molar-refractivity contribution in [3.05, 3.63) is 62.0 Å². The molecule has 0 saturated carbocycles. The minimum atomic E-state index is -1.05. The fourth-order valence-corrected chi connectivity index (χ4v) is 2.21. The van der Waals surface area contributed by atoms with Gasteiger partial charge in [0.15, 0.2) is 6.61 Å². The number of nitrogens with one attached hydrogen (secondary N) is 1. The minimum Gasteiger partial charge on any atom is -0.454 e. The van der Waals surface area contributed by atoms with Gasteiger partial charge in [-0.05, 0) is 18.6 Å². The van der Waals surface area contributed by atoms with E-state index in [4.69, 9.17) is 10.5 Å². The lowest BCUT2D eigenvalue weighted by Crippen LogP contribution is -2.37. The van der Waals surface area contributed by atoms with Crippen LogP contribution in [-0.2, 0) is 11.3 Å². The zero-order chi connectivity index (χ0) is 18.6. The van der Waals surface area contributed by atoms with Crippen molar-refractivity contribution >= 4 is 17.6 Å². The van der Waals surface area contributed by atoms with Gasteiger partial charge in [0.2, 0.25) is 5.78 Å². The number of nitrogen functional groups attached to an aromatic ring is 1. The fraction of sp³-hybridized carbons (Fsp3) is 0.250. The minimum absolute atomic E-state index is 0.205. The van der Waals surface area contributed by atoms with Crippen LogP contribution in [0.15, 0.2) is 33.9 Å². The SMILES string of the molecule is CCCn1c(N)c(C(=O)COC(=O)c2ccccc2F)c(=O)[nH]c1=O. The second kappa shape index (κ2) is 7.56. The third kappa shape index (κ3) is 3.82. The summed E-state index contributed by atoms with van der Waals surface area (Å²) in [7, 11) is 0. The molecule has 0 aliphatic carbocycles. The molecule has 132 valence electrons. The molecule has 0 aliphatic rings. The molecule has 0 radical (unpaired) electrons. The van der Waals surface area contributed by atoms with Crippen LogP contribution in [0.1, 0.15) is 34.1 Å². The Hall–Kier alpha value is -3.23. The van der Waals surface area contributed by atoms with E-state index >= 15 is 0 Å². The number of esters is 1. The van der Waals surface area contributed by atoms with Gasteiger partial charge in [-0.2, -0.15) is 0 Å². The summed E-state index contributed by atoms with van der Waals surface area (Å²) in [6.45, 7) is 1.18. The third-order valence-electron chi connectivity index (χ3n) is 3.39. The Morgan fingerprint density at radius 1 is 1.28 bits per heavy atom. The van der Waals surface area contributed by atoms with E-state index in [1.54, 1.807) is 6.92 Å². The van der Waals surface area contributed by atoms with E-state index in [1.165, 1.54) is 18.2 Å². The van der Waals surface area contributed by atoms with E-state index in [2.05, 4.69) is 0 Å². The Balaban J connectivity index is 2.23. The first-order valence-electron chi connectivity index (χ1n) is 7.44. The maximum atomic E-state index is 13.5. The number of Topliss-reactive ketones (excluding diaryl/α,β-unsaturated/α-hetero) is 1. The average molecular weight is 349 g/mol. The topological polar surface area (TPSA) is 124 Å². The van der Waals surface area contributed by atoms with Crippen LogP contribution in [0.2, 0.25) is 0 Å². The second-order valence-electron chi connectivity index (χ2n) is 5.15. The smallest absolute Gasteiger partial charge is 0.341 e. The van der Waals surface area contributed by atoms with Crippen molar-refractivity contribution in [1.82, 2.24) is 9.55 Å². The predicted octanol–water partition coefficient (Wildman–Crippen LogP) is 0.708. The Morgan fingerprint density at radius 2 is 1.96 bits per heavy atom. The van der Waals surface area contributed by atoms with E-state index in [1.807, 2.05) is 4.98 Å². The lowest BCUT2D eigenvalue weighted by molar-refractivity contribution is 0.0469. The van der Waals surface area contributed by atoms with Gasteiger partial charge in [0, 0.05) is 6.54 Å². The number of ether oxygens (including phenoxy) is 1.